The molecule has 0 heterocycles. The summed E-state index contributed by atoms with van der Waals surface area (Å²) in [6, 6.07) is 12.3. The number of carbonyl (C=O) groups is 1. The van der Waals surface area contributed by atoms with E-state index in [0.717, 1.165) is 10.0 Å². The van der Waals surface area contributed by atoms with Gasteiger partial charge in [0.25, 0.3) is 0 Å². The molecule has 0 aliphatic heterocycles. The van der Waals surface area contributed by atoms with Crippen molar-refractivity contribution in [3.8, 4) is 0 Å². The van der Waals surface area contributed by atoms with Crippen LogP contribution in [0.25, 0.3) is 10.8 Å². The van der Waals surface area contributed by atoms with Crippen molar-refractivity contribution in [1.29, 1.82) is 0 Å². The SMILES string of the molecule is CC(=O)Cc1ccc2cc(Br)ccc2c1. The summed E-state index contributed by atoms with van der Waals surface area (Å²) in [5.74, 6) is 0.200. The minimum absolute atomic E-state index is 0.200. The van der Waals surface area contributed by atoms with Crippen molar-refractivity contribution < 1.29 is 4.79 Å². The third-order valence-electron chi connectivity index (χ3n) is 2.32. The highest BCUT2D eigenvalue weighted by Crippen LogP contribution is 2.21. The Kier molecular flexibility index (Phi) is 2.87. The quantitative estimate of drug-likeness (QED) is 0.806. The Hall–Kier alpha value is -1.15. The number of ketones is 1. The monoisotopic (exact) mass is 262 g/mol. The topological polar surface area (TPSA) is 17.1 Å². The van der Waals surface area contributed by atoms with E-state index in [-0.39, 0.29) is 5.78 Å². The normalized spacial score (nSPS) is 10.5. The Morgan fingerprint density at radius 1 is 1.13 bits per heavy atom. The van der Waals surface area contributed by atoms with Gasteiger partial charge in [-0.2, -0.15) is 0 Å². The van der Waals surface area contributed by atoms with Gasteiger partial charge in [0.15, 0.2) is 0 Å². The fourth-order valence-electron chi connectivity index (χ4n) is 1.66. The highest BCUT2D eigenvalue weighted by Gasteiger charge is 2.00. The summed E-state index contributed by atoms with van der Waals surface area (Å²) in [6.07, 6.45) is 0.520. The molecule has 15 heavy (non-hydrogen) atoms. The molecule has 0 amide bonds. The van der Waals surface area contributed by atoms with Crippen LogP contribution in [0, 0.1) is 0 Å². The fraction of sp³-hybridized carbons (Fsp3) is 0.154. The Bertz CT molecular complexity index is 517. The molecule has 0 aliphatic rings. The first-order chi connectivity index (χ1) is 7.15. The van der Waals surface area contributed by atoms with Crippen LogP contribution in [-0.2, 0) is 11.2 Å². The molecule has 76 valence electrons. The van der Waals surface area contributed by atoms with E-state index in [9.17, 15) is 4.79 Å². The number of carbonyl (C=O) groups excluding carboxylic acids is 1. The first-order valence-electron chi connectivity index (χ1n) is 4.83. The van der Waals surface area contributed by atoms with Gasteiger partial charge < -0.3 is 0 Å². The van der Waals surface area contributed by atoms with Crippen LogP contribution in [0.3, 0.4) is 0 Å². The zero-order valence-electron chi connectivity index (χ0n) is 8.46. The highest BCUT2D eigenvalue weighted by molar-refractivity contribution is 9.10. The summed E-state index contributed by atoms with van der Waals surface area (Å²) in [6.45, 7) is 1.62. The molecular formula is C13H11BrO. The van der Waals surface area contributed by atoms with Crippen LogP contribution in [-0.4, -0.2) is 5.78 Å². The molecular weight excluding hydrogens is 252 g/mol. The molecule has 2 heteroatoms. The van der Waals surface area contributed by atoms with Gasteiger partial charge >= 0.3 is 0 Å². The molecule has 2 aromatic rings. The lowest BCUT2D eigenvalue weighted by atomic mass is 10.0. The van der Waals surface area contributed by atoms with Gasteiger partial charge in [0, 0.05) is 10.9 Å². The zero-order chi connectivity index (χ0) is 10.8. The largest absolute Gasteiger partial charge is 0.300 e. The van der Waals surface area contributed by atoms with E-state index in [1.165, 1.54) is 10.8 Å². The summed E-state index contributed by atoms with van der Waals surface area (Å²) in [7, 11) is 0. The summed E-state index contributed by atoms with van der Waals surface area (Å²) >= 11 is 3.44. The minimum Gasteiger partial charge on any atom is -0.300 e. The van der Waals surface area contributed by atoms with E-state index in [4.69, 9.17) is 0 Å². The predicted molar refractivity (Wildman–Crippen MR) is 66.0 cm³/mol. The number of rotatable bonds is 2. The zero-order valence-corrected chi connectivity index (χ0v) is 10.0. The second-order valence-corrected chi connectivity index (χ2v) is 4.62. The van der Waals surface area contributed by atoms with Crippen molar-refractivity contribution in [2.45, 2.75) is 13.3 Å². The summed E-state index contributed by atoms with van der Waals surface area (Å²) in [5, 5.41) is 2.37. The molecule has 0 atom stereocenters. The predicted octanol–water partition coefficient (Wildman–Crippen LogP) is 3.73. The standard InChI is InChI=1S/C13H11BrO/c1-9(15)6-10-2-3-12-8-13(14)5-4-11(12)7-10/h2-5,7-8H,6H2,1H3. The van der Waals surface area contributed by atoms with E-state index >= 15 is 0 Å². The lowest BCUT2D eigenvalue weighted by molar-refractivity contribution is -0.116. The molecule has 0 saturated heterocycles. The first-order valence-corrected chi connectivity index (χ1v) is 5.62. The molecule has 0 N–H and O–H groups in total. The van der Waals surface area contributed by atoms with Gasteiger partial charge in [-0.25, -0.2) is 0 Å². The van der Waals surface area contributed by atoms with E-state index in [2.05, 4.69) is 40.2 Å². The maximum atomic E-state index is 11.0. The Morgan fingerprint density at radius 2 is 1.80 bits per heavy atom. The molecule has 0 bridgehead atoms. The van der Waals surface area contributed by atoms with Crippen LogP contribution in [0.2, 0.25) is 0 Å². The molecule has 0 radical (unpaired) electrons. The van der Waals surface area contributed by atoms with Crippen LogP contribution in [0.15, 0.2) is 40.9 Å². The van der Waals surface area contributed by atoms with E-state index in [1.807, 2.05) is 12.1 Å². The number of halogens is 1. The molecule has 0 aliphatic carbocycles. The highest BCUT2D eigenvalue weighted by atomic mass is 79.9. The smallest absolute Gasteiger partial charge is 0.134 e. The Morgan fingerprint density at radius 3 is 2.53 bits per heavy atom. The second-order valence-electron chi connectivity index (χ2n) is 3.70. The van der Waals surface area contributed by atoms with Gasteiger partial charge in [-0.3, -0.25) is 4.79 Å². The lowest BCUT2D eigenvalue weighted by Gasteiger charge is -2.02. The lowest BCUT2D eigenvalue weighted by Crippen LogP contribution is -1.95. The van der Waals surface area contributed by atoms with Gasteiger partial charge in [0.1, 0.15) is 5.78 Å². The van der Waals surface area contributed by atoms with Crippen LogP contribution >= 0.6 is 15.9 Å². The molecule has 2 aromatic carbocycles. The number of hydrogen-bond acceptors (Lipinski definition) is 1. The number of hydrogen-bond donors (Lipinski definition) is 0. The first kappa shape index (κ1) is 10.4. The summed E-state index contributed by atoms with van der Waals surface area (Å²) in [5.41, 5.74) is 1.08. The number of benzene rings is 2. The van der Waals surface area contributed by atoms with Crippen LogP contribution in [0.1, 0.15) is 12.5 Å². The van der Waals surface area contributed by atoms with Crippen molar-refractivity contribution in [1.82, 2.24) is 0 Å². The number of Topliss-reactive ketones (excluding diaryl/α,β-unsaturated/α-hetero) is 1. The summed E-state index contributed by atoms with van der Waals surface area (Å²) in [4.78, 5) is 11.0. The third kappa shape index (κ3) is 2.45. The van der Waals surface area contributed by atoms with Crippen LogP contribution in [0.5, 0.6) is 0 Å². The van der Waals surface area contributed by atoms with Crippen molar-refractivity contribution in [2.75, 3.05) is 0 Å². The van der Waals surface area contributed by atoms with Crippen molar-refractivity contribution >= 4 is 32.5 Å². The minimum atomic E-state index is 0.200. The third-order valence-corrected chi connectivity index (χ3v) is 2.81. The molecule has 0 fully saturated rings. The average molecular weight is 263 g/mol. The number of fused-ring (bicyclic) bond motifs is 1. The molecule has 0 aromatic heterocycles. The van der Waals surface area contributed by atoms with E-state index < -0.39 is 0 Å². The van der Waals surface area contributed by atoms with Gasteiger partial charge in [-0.1, -0.05) is 40.2 Å². The maximum absolute atomic E-state index is 11.0. The molecule has 0 spiro atoms. The van der Waals surface area contributed by atoms with Crippen LogP contribution < -0.4 is 0 Å². The summed E-state index contributed by atoms with van der Waals surface area (Å²) < 4.78 is 1.08. The van der Waals surface area contributed by atoms with Crippen molar-refractivity contribution in [3.63, 3.8) is 0 Å². The van der Waals surface area contributed by atoms with Crippen molar-refractivity contribution in [2.24, 2.45) is 0 Å². The molecule has 0 saturated carbocycles. The van der Waals surface area contributed by atoms with Crippen LogP contribution in [0.4, 0.5) is 0 Å². The fourth-order valence-corrected chi connectivity index (χ4v) is 2.04. The molecule has 0 unspecified atom stereocenters. The van der Waals surface area contributed by atoms with E-state index in [0.29, 0.717) is 6.42 Å². The Balaban J connectivity index is 2.47. The van der Waals surface area contributed by atoms with Gasteiger partial charge in [0.05, 0.1) is 0 Å². The average Bonchev–Trinajstić information content (AvgIpc) is 2.17. The second kappa shape index (κ2) is 4.15. The van der Waals surface area contributed by atoms with Gasteiger partial charge in [0.2, 0.25) is 0 Å². The molecule has 2 rings (SSSR count). The Labute approximate surface area is 97.2 Å². The van der Waals surface area contributed by atoms with Crippen molar-refractivity contribution in [3.05, 3.63) is 46.4 Å². The van der Waals surface area contributed by atoms with Gasteiger partial charge in [-0.15, -0.1) is 0 Å². The van der Waals surface area contributed by atoms with Gasteiger partial charge in [-0.05, 0) is 35.4 Å². The van der Waals surface area contributed by atoms with E-state index in [1.54, 1.807) is 6.92 Å². The molecule has 1 nitrogen and oxygen atoms in total. The maximum Gasteiger partial charge on any atom is 0.134 e.